The van der Waals surface area contributed by atoms with Crippen LogP contribution in [-0.2, 0) is 25.5 Å². The van der Waals surface area contributed by atoms with Gasteiger partial charge in [0.2, 0.25) is 18.2 Å². The van der Waals surface area contributed by atoms with Crippen LogP contribution in [0, 0.1) is 11.3 Å². The average molecular weight is 497 g/mol. The van der Waals surface area contributed by atoms with E-state index in [4.69, 9.17) is 16.3 Å². The lowest BCUT2D eigenvalue weighted by Gasteiger charge is -2.34. The highest BCUT2D eigenvalue weighted by molar-refractivity contribution is 6.30. The summed E-state index contributed by atoms with van der Waals surface area (Å²) in [5.74, 6) is -1.49. The van der Waals surface area contributed by atoms with E-state index >= 15 is 0 Å². The van der Waals surface area contributed by atoms with E-state index in [1.54, 1.807) is 31.2 Å². The zero-order chi connectivity index (χ0) is 25.3. The van der Waals surface area contributed by atoms with Gasteiger partial charge in [0.15, 0.2) is 0 Å². The number of rotatable bonds is 11. The van der Waals surface area contributed by atoms with Crippen molar-refractivity contribution in [3.05, 3.63) is 34.9 Å². The van der Waals surface area contributed by atoms with Crippen LogP contribution < -0.4 is 10.6 Å². The first-order chi connectivity index (χ1) is 16.0. The van der Waals surface area contributed by atoms with E-state index in [1.807, 2.05) is 20.8 Å². The molecule has 0 aliphatic carbocycles. The molecule has 0 radical (unpaired) electrons. The van der Waals surface area contributed by atoms with Crippen LogP contribution in [-0.4, -0.2) is 84.9 Å². The Morgan fingerprint density at radius 3 is 2.38 bits per heavy atom. The normalized spacial score (nSPS) is 17.4. The number of ether oxygens (including phenoxy) is 1. The Morgan fingerprint density at radius 2 is 1.82 bits per heavy atom. The molecule has 1 saturated heterocycles. The second kappa shape index (κ2) is 13.0. The molecule has 0 bridgehead atoms. The van der Waals surface area contributed by atoms with Crippen molar-refractivity contribution < 1.29 is 24.3 Å². The van der Waals surface area contributed by atoms with Gasteiger partial charge in [0.25, 0.3) is 0 Å². The zero-order valence-corrected chi connectivity index (χ0v) is 21.2. The Kier molecular flexibility index (Phi) is 10.8. The van der Waals surface area contributed by atoms with Crippen LogP contribution in [0.5, 0.6) is 0 Å². The monoisotopic (exact) mass is 496 g/mol. The summed E-state index contributed by atoms with van der Waals surface area (Å²) in [7, 11) is 0. The largest absolute Gasteiger partial charge is 0.379 e. The molecule has 1 aromatic carbocycles. The highest BCUT2D eigenvalue weighted by atomic mass is 35.5. The van der Waals surface area contributed by atoms with Gasteiger partial charge < -0.3 is 15.4 Å². The van der Waals surface area contributed by atoms with Crippen LogP contribution in [0.15, 0.2) is 24.3 Å². The van der Waals surface area contributed by atoms with Gasteiger partial charge in [0, 0.05) is 31.2 Å². The number of amides is 3. The van der Waals surface area contributed by atoms with Gasteiger partial charge in [-0.3, -0.25) is 24.5 Å². The Morgan fingerprint density at radius 1 is 1.21 bits per heavy atom. The summed E-state index contributed by atoms with van der Waals surface area (Å²) in [6.07, 6.45) is 0.525. The molecule has 1 aliphatic heterocycles. The van der Waals surface area contributed by atoms with Gasteiger partial charge in [0.05, 0.1) is 25.2 Å². The Balaban J connectivity index is 2.10. The fraction of sp³-hybridized carbons (Fsp3) is 0.625. The first-order valence-electron chi connectivity index (χ1n) is 11.6. The standard InChI is InChI=1S/C24H37ClN4O5/c1-17(29(33)16-30)20(15-18-5-7-19(25)8-6-18)22(31)27-21(24(2,3)4)23(32)26-9-10-28-11-13-34-14-12-28/h5-8,16-17,20-21,33H,9-15H2,1-4H3,(H,26,32)(H,27,31)/t17-,20+,21+/m0/s1. The molecular weight excluding hydrogens is 460 g/mol. The molecule has 190 valence electrons. The number of hydrogen-bond donors (Lipinski definition) is 3. The van der Waals surface area contributed by atoms with Crippen molar-refractivity contribution in [2.75, 3.05) is 39.4 Å². The fourth-order valence-corrected chi connectivity index (χ4v) is 3.95. The molecule has 1 aliphatic rings. The van der Waals surface area contributed by atoms with Gasteiger partial charge in [0.1, 0.15) is 6.04 Å². The minimum absolute atomic E-state index is 0.255. The number of morpholine rings is 1. The summed E-state index contributed by atoms with van der Waals surface area (Å²) < 4.78 is 5.34. The molecule has 0 saturated carbocycles. The molecular formula is C24H37ClN4O5. The summed E-state index contributed by atoms with van der Waals surface area (Å²) in [6.45, 7) is 11.4. The second-order valence-electron chi connectivity index (χ2n) is 9.72. The molecule has 0 aromatic heterocycles. The van der Waals surface area contributed by atoms with E-state index in [-0.39, 0.29) is 18.7 Å². The van der Waals surface area contributed by atoms with Crippen molar-refractivity contribution in [1.29, 1.82) is 0 Å². The van der Waals surface area contributed by atoms with Crippen molar-refractivity contribution in [2.45, 2.75) is 46.2 Å². The Labute approximate surface area is 206 Å². The van der Waals surface area contributed by atoms with Gasteiger partial charge in [-0.05, 0) is 36.5 Å². The molecule has 1 aromatic rings. The maximum absolute atomic E-state index is 13.4. The van der Waals surface area contributed by atoms with Gasteiger partial charge in [-0.1, -0.05) is 44.5 Å². The van der Waals surface area contributed by atoms with Gasteiger partial charge >= 0.3 is 0 Å². The molecule has 9 nitrogen and oxygen atoms in total. The molecule has 0 unspecified atom stereocenters. The van der Waals surface area contributed by atoms with Crippen molar-refractivity contribution in [3.63, 3.8) is 0 Å². The third kappa shape index (κ3) is 8.54. The average Bonchev–Trinajstić information content (AvgIpc) is 2.80. The van der Waals surface area contributed by atoms with E-state index in [9.17, 15) is 19.6 Å². The third-order valence-electron chi connectivity index (χ3n) is 6.06. The number of hydroxylamine groups is 2. The third-order valence-corrected chi connectivity index (χ3v) is 6.31. The van der Waals surface area contributed by atoms with E-state index in [0.717, 1.165) is 18.7 Å². The lowest BCUT2D eigenvalue weighted by atomic mass is 9.84. The van der Waals surface area contributed by atoms with Crippen LogP contribution in [0.1, 0.15) is 33.3 Å². The molecule has 3 N–H and O–H groups in total. The molecule has 3 amide bonds. The summed E-state index contributed by atoms with van der Waals surface area (Å²) >= 11 is 5.96. The lowest BCUT2D eigenvalue weighted by Crippen LogP contribution is -2.57. The molecule has 1 fully saturated rings. The SMILES string of the molecule is C[C@@H]([C@@H](Cc1ccc(Cl)cc1)C(=O)N[C@H](C(=O)NCCN1CCOCC1)C(C)(C)C)N(O)C=O. The minimum atomic E-state index is -0.807. The Bertz CT molecular complexity index is 809. The first-order valence-corrected chi connectivity index (χ1v) is 12.0. The van der Waals surface area contributed by atoms with Gasteiger partial charge in [-0.2, -0.15) is 0 Å². The number of carbonyl (C=O) groups excluding carboxylic acids is 3. The zero-order valence-electron chi connectivity index (χ0n) is 20.4. The van der Waals surface area contributed by atoms with Crippen LogP contribution in [0.4, 0.5) is 0 Å². The number of nitrogens with zero attached hydrogens (tertiary/aromatic N) is 2. The molecule has 34 heavy (non-hydrogen) atoms. The number of carbonyl (C=O) groups is 3. The summed E-state index contributed by atoms with van der Waals surface area (Å²) in [4.78, 5) is 39.8. The van der Waals surface area contributed by atoms with Crippen molar-refractivity contribution in [3.8, 4) is 0 Å². The van der Waals surface area contributed by atoms with Gasteiger partial charge in [-0.25, -0.2) is 5.06 Å². The summed E-state index contributed by atoms with van der Waals surface area (Å²) in [6, 6.07) is 5.40. The number of halogens is 1. The van der Waals surface area contributed by atoms with Gasteiger partial charge in [-0.15, -0.1) is 0 Å². The highest BCUT2D eigenvalue weighted by Crippen LogP contribution is 2.23. The van der Waals surface area contributed by atoms with Crippen LogP contribution in [0.3, 0.4) is 0 Å². The predicted molar refractivity (Wildman–Crippen MR) is 129 cm³/mol. The highest BCUT2D eigenvalue weighted by Gasteiger charge is 2.37. The fourth-order valence-electron chi connectivity index (χ4n) is 3.83. The molecule has 2 rings (SSSR count). The lowest BCUT2D eigenvalue weighted by molar-refractivity contribution is -0.166. The smallest absolute Gasteiger partial charge is 0.243 e. The number of nitrogens with one attached hydrogen (secondary N) is 2. The van der Waals surface area contributed by atoms with Crippen molar-refractivity contribution >= 4 is 29.8 Å². The summed E-state index contributed by atoms with van der Waals surface area (Å²) in [5, 5.41) is 16.8. The number of benzene rings is 1. The van der Waals surface area contributed by atoms with E-state index < -0.39 is 29.3 Å². The van der Waals surface area contributed by atoms with Crippen LogP contribution in [0.2, 0.25) is 5.02 Å². The number of hydrogen-bond acceptors (Lipinski definition) is 6. The van der Waals surface area contributed by atoms with E-state index in [1.165, 1.54) is 0 Å². The van der Waals surface area contributed by atoms with E-state index in [2.05, 4.69) is 15.5 Å². The van der Waals surface area contributed by atoms with Crippen LogP contribution >= 0.6 is 11.6 Å². The quantitative estimate of drug-likeness (QED) is 0.244. The van der Waals surface area contributed by atoms with Crippen molar-refractivity contribution in [2.24, 2.45) is 11.3 Å². The second-order valence-corrected chi connectivity index (χ2v) is 10.2. The maximum atomic E-state index is 13.4. The molecule has 1 heterocycles. The molecule has 10 heteroatoms. The Hall–Kier alpha value is -2.20. The maximum Gasteiger partial charge on any atom is 0.243 e. The van der Waals surface area contributed by atoms with Crippen LogP contribution in [0.25, 0.3) is 0 Å². The topological polar surface area (TPSA) is 111 Å². The van der Waals surface area contributed by atoms with E-state index in [0.29, 0.717) is 36.4 Å². The first kappa shape index (κ1) is 28.0. The summed E-state index contributed by atoms with van der Waals surface area (Å²) in [5.41, 5.74) is 0.258. The predicted octanol–water partition coefficient (Wildman–Crippen LogP) is 1.71. The van der Waals surface area contributed by atoms with Crippen molar-refractivity contribution in [1.82, 2.24) is 20.6 Å². The molecule has 3 atom stereocenters. The minimum Gasteiger partial charge on any atom is -0.379 e. The molecule has 0 spiro atoms.